The van der Waals surface area contributed by atoms with Crippen molar-refractivity contribution >= 4 is 11.6 Å². The zero-order valence-corrected chi connectivity index (χ0v) is 14.5. The van der Waals surface area contributed by atoms with E-state index < -0.39 is 4.92 Å². The van der Waals surface area contributed by atoms with E-state index in [9.17, 15) is 14.9 Å². The molecule has 9 nitrogen and oxygen atoms in total. The minimum atomic E-state index is -0.448. The van der Waals surface area contributed by atoms with Crippen LogP contribution in [0.15, 0.2) is 18.2 Å². The number of rotatable bonds is 7. The van der Waals surface area contributed by atoms with E-state index in [1.54, 1.807) is 32.0 Å². The van der Waals surface area contributed by atoms with Crippen molar-refractivity contribution in [2.24, 2.45) is 0 Å². The molecule has 0 aliphatic heterocycles. The summed E-state index contributed by atoms with van der Waals surface area (Å²) in [7, 11) is 3.01. The highest BCUT2D eigenvalue weighted by Crippen LogP contribution is 2.27. The second-order valence-electron chi connectivity index (χ2n) is 5.33. The average Bonchev–Trinajstić information content (AvgIpc) is 2.87. The van der Waals surface area contributed by atoms with Gasteiger partial charge in [-0.2, -0.15) is 5.10 Å². The summed E-state index contributed by atoms with van der Waals surface area (Å²) >= 11 is 0. The number of nitrogens with zero attached hydrogens (tertiary/aromatic N) is 3. The second-order valence-corrected chi connectivity index (χ2v) is 5.33. The Kier molecular flexibility index (Phi) is 5.58. The van der Waals surface area contributed by atoms with Crippen LogP contribution in [0.1, 0.15) is 21.7 Å². The standard InChI is InChI=1S/C16H20N4O5/c1-10-15(20(22)23)11(2)19(18-10)8-7-17-16(21)12-5-6-13(24-3)14(9-12)25-4/h5-6,9H,7-8H2,1-4H3,(H,17,21). The first kappa shape index (κ1) is 18.2. The molecule has 1 aromatic heterocycles. The molecule has 0 bridgehead atoms. The summed E-state index contributed by atoms with van der Waals surface area (Å²) in [5.74, 6) is 0.718. The third kappa shape index (κ3) is 3.87. The number of amides is 1. The molecular weight excluding hydrogens is 328 g/mol. The number of hydrogen-bond donors (Lipinski definition) is 1. The maximum absolute atomic E-state index is 12.2. The van der Waals surface area contributed by atoms with Gasteiger partial charge in [0.05, 0.1) is 25.7 Å². The molecular formula is C16H20N4O5. The molecule has 9 heteroatoms. The third-order valence-corrected chi connectivity index (χ3v) is 3.78. The van der Waals surface area contributed by atoms with Gasteiger partial charge in [0, 0.05) is 12.1 Å². The van der Waals surface area contributed by atoms with Crippen LogP contribution in [0.3, 0.4) is 0 Å². The molecule has 0 radical (unpaired) electrons. The van der Waals surface area contributed by atoms with Crippen LogP contribution in [0.2, 0.25) is 0 Å². The van der Waals surface area contributed by atoms with Gasteiger partial charge in [-0.05, 0) is 32.0 Å². The van der Waals surface area contributed by atoms with Gasteiger partial charge in [0.25, 0.3) is 5.91 Å². The van der Waals surface area contributed by atoms with Gasteiger partial charge in [-0.3, -0.25) is 19.6 Å². The average molecular weight is 348 g/mol. The Morgan fingerprint density at radius 2 is 1.96 bits per heavy atom. The zero-order valence-electron chi connectivity index (χ0n) is 14.5. The lowest BCUT2D eigenvalue weighted by Gasteiger charge is -2.10. The van der Waals surface area contributed by atoms with Gasteiger partial charge >= 0.3 is 5.69 Å². The van der Waals surface area contributed by atoms with Gasteiger partial charge in [0.15, 0.2) is 11.5 Å². The Morgan fingerprint density at radius 3 is 2.52 bits per heavy atom. The van der Waals surface area contributed by atoms with E-state index >= 15 is 0 Å². The van der Waals surface area contributed by atoms with Crippen molar-refractivity contribution in [2.75, 3.05) is 20.8 Å². The van der Waals surface area contributed by atoms with Crippen LogP contribution in [0.4, 0.5) is 5.69 Å². The van der Waals surface area contributed by atoms with Crippen molar-refractivity contribution in [3.05, 3.63) is 45.3 Å². The summed E-state index contributed by atoms with van der Waals surface area (Å²) in [5.41, 5.74) is 1.25. The molecule has 1 amide bonds. The van der Waals surface area contributed by atoms with E-state index in [4.69, 9.17) is 9.47 Å². The van der Waals surface area contributed by atoms with E-state index in [1.165, 1.54) is 18.9 Å². The first-order valence-corrected chi connectivity index (χ1v) is 7.57. The Morgan fingerprint density at radius 1 is 1.28 bits per heavy atom. The Balaban J connectivity index is 2.02. The predicted molar refractivity (Wildman–Crippen MR) is 90.2 cm³/mol. The van der Waals surface area contributed by atoms with E-state index in [1.807, 2.05) is 0 Å². The van der Waals surface area contributed by atoms with Gasteiger partial charge < -0.3 is 14.8 Å². The van der Waals surface area contributed by atoms with Crippen molar-refractivity contribution < 1.29 is 19.2 Å². The van der Waals surface area contributed by atoms with Crippen molar-refractivity contribution in [3.63, 3.8) is 0 Å². The summed E-state index contributed by atoms with van der Waals surface area (Å²) in [6.45, 7) is 3.84. The predicted octanol–water partition coefficient (Wildman–Crippen LogP) is 1.86. The third-order valence-electron chi connectivity index (χ3n) is 3.78. The van der Waals surface area contributed by atoms with Crippen LogP contribution in [0, 0.1) is 24.0 Å². The van der Waals surface area contributed by atoms with Crippen LogP contribution in [0.5, 0.6) is 11.5 Å². The lowest BCUT2D eigenvalue weighted by Crippen LogP contribution is -2.27. The monoisotopic (exact) mass is 348 g/mol. The van der Waals surface area contributed by atoms with Crippen LogP contribution >= 0.6 is 0 Å². The second kappa shape index (κ2) is 7.65. The molecule has 0 aliphatic rings. The maximum atomic E-state index is 12.2. The van der Waals surface area contributed by atoms with Gasteiger partial charge in [0.2, 0.25) is 0 Å². The fraction of sp³-hybridized carbons (Fsp3) is 0.375. The lowest BCUT2D eigenvalue weighted by molar-refractivity contribution is -0.386. The Bertz CT molecular complexity index is 800. The van der Waals surface area contributed by atoms with Gasteiger partial charge in [-0.15, -0.1) is 0 Å². The summed E-state index contributed by atoms with van der Waals surface area (Å²) in [6.07, 6.45) is 0. The van der Waals surface area contributed by atoms with Crippen LogP contribution in [-0.2, 0) is 6.54 Å². The fourth-order valence-electron chi connectivity index (χ4n) is 2.52. The summed E-state index contributed by atoms with van der Waals surface area (Å²) in [5, 5.41) is 17.9. The van der Waals surface area contributed by atoms with Gasteiger partial charge in [-0.25, -0.2) is 0 Å². The number of carbonyl (C=O) groups is 1. The molecule has 0 saturated carbocycles. The number of aryl methyl sites for hydroxylation is 1. The first-order chi connectivity index (χ1) is 11.9. The molecule has 0 atom stereocenters. The highest BCUT2D eigenvalue weighted by molar-refractivity contribution is 5.94. The smallest absolute Gasteiger partial charge is 0.312 e. The van der Waals surface area contributed by atoms with Gasteiger partial charge in [0.1, 0.15) is 11.4 Å². The zero-order chi connectivity index (χ0) is 18.6. The van der Waals surface area contributed by atoms with E-state index in [0.717, 1.165) is 0 Å². The molecule has 1 aromatic carbocycles. The van der Waals surface area contributed by atoms with E-state index in [0.29, 0.717) is 35.0 Å². The number of hydrogen-bond acceptors (Lipinski definition) is 6. The summed E-state index contributed by atoms with van der Waals surface area (Å²) in [4.78, 5) is 22.8. The molecule has 1 heterocycles. The highest BCUT2D eigenvalue weighted by Gasteiger charge is 2.21. The number of carbonyl (C=O) groups excluding carboxylic acids is 1. The van der Waals surface area contributed by atoms with Crippen molar-refractivity contribution in [1.29, 1.82) is 0 Å². The molecule has 0 unspecified atom stereocenters. The topological polar surface area (TPSA) is 109 Å². The molecule has 2 rings (SSSR count). The quantitative estimate of drug-likeness (QED) is 0.604. The highest BCUT2D eigenvalue weighted by atomic mass is 16.6. The number of nitro groups is 1. The normalized spacial score (nSPS) is 10.4. The van der Waals surface area contributed by atoms with E-state index in [-0.39, 0.29) is 18.1 Å². The molecule has 0 aliphatic carbocycles. The molecule has 0 saturated heterocycles. The first-order valence-electron chi connectivity index (χ1n) is 7.57. The Hall–Kier alpha value is -3.10. The minimum absolute atomic E-state index is 0.00576. The molecule has 1 N–H and O–H groups in total. The largest absolute Gasteiger partial charge is 0.493 e. The van der Waals surface area contributed by atoms with Crippen molar-refractivity contribution in [3.8, 4) is 11.5 Å². The molecule has 134 valence electrons. The summed E-state index contributed by atoms with van der Waals surface area (Å²) < 4.78 is 11.8. The molecule has 2 aromatic rings. The number of methoxy groups -OCH3 is 2. The minimum Gasteiger partial charge on any atom is -0.493 e. The van der Waals surface area contributed by atoms with Crippen LogP contribution in [-0.4, -0.2) is 41.4 Å². The molecule has 25 heavy (non-hydrogen) atoms. The SMILES string of the molecule is COc1ccc(C(=O)NCCn2nc(C)c([N+](=O)[O-])c2C)cc1OC. The van der Waals surface area contributed by atoms with E-state index in [2.05, 4.69) is 10.4 Å². The van der Waals surface area contributed by atoms with Crippen LogP contribution < -0.4 is 14.8 Å². The molecule has 0 fully saturated rings. The fourth-order valence-corrected chi connectivity index (χ4v) is 2.52. The van der Waals surface area contributed by atoms with Crippen molar-refractivity contribution in [1.82, 2.24) is 15.1 Å². The number of nitrogens with one attached hydrogen (secondary N) is 1. The summed E-state index contributed by atoms with van der Waals surface area (Å²) in [6, 6.07) is 4.87. The molecule has 0 spiro atoms. The number of aromatic nitrogens is 2. The lowest BCUT2D eigenvalue weighted by atomic mass is 10.2. The number of ether oxygens (including phenoxy) is 2. The van der Waals surface area contributed by atoms with Crippen molar-refractivity contribution in [2.45, 2.75) is 20.4 Å². The van der Waals surface area contributed by atoms with Gasteiger partial charge in [-0.1, -0.05) is 0 Å². The number of benzene rings is 1. The van der Waals surface area contributed by atoms with Crippen LogP contribution in [0.25, 0.3) is 0 Å². The maximum Gasteiger partial charge on any atom is 0.312 e. The Labute approximate surface area is 144 Å².